The minimum absolute atomic E-state index is 0.251. The highest BCUT2D eigenvalue weighted by Crippen LogP contribution is 2.21. The maximum absolute atomic E-state index is 12.0. The number of likely N-dealkylation sites (N-methyl/N-ethyl adjacent to an activating group) is 2. The number of amides is 1. The molecule has 0 bridgehead atoms. The number of rotatable bonds is 6. The molecule has 2 fully saturated rings. The summed E-state index contributed by atoms with van der Waals surface area (Å²) in [5, 5.41) is 3.30. The van der Waals surface area contributed by atoms with Crippen LogP contribution in [0.25, 0.3) is 0 Å². The fraction of sp³-hybridized carbons (Fsp3) is 0.933. The molecule has 0 unspecified atom stereocenters. The third-order valence-electron chi connectivity index (χ3n) is 4.72. The average molecular weight is 282 g/mol. The second-order valence-electron chi connectivity index (χ2n) is 6.28. The van der Waals surface area contributed by atoms with Gasteiger partial charge in [0.05, 0.1) is 6.54 Å². The average Bonchev–Trinajstić information content (AvgIpc) is 2.98. The molecule has 1 saturated heterocycles. The molecule has 1 N–H and O–H groups in total. The van der Waals surface area contributed by atoms with Crippen molar-refractivity contribution in [1.82, 2.24) is 20.0 Å². The van der Waals surface area contributed by atoms with E-state index in [0.29, 0.717) is 6.54 Å². The van der Waals surface area contributed by atoms with Gasteiger partial charge in [-0.25, -0.2) is 0 Å². The fourth-order valence-corrected chi connectivity index (χ4v) is 3.15. The van der Waals surface area contributed by atoms with Gasteiger partial charge in [-0.05, 0) is 26.9 Å². The molecule has 0 radical (unpaired) electrons. The van der Waals surface area contributed by atoms with E-state index in [0.717, 1.165) is 45.3 Å². The van der Waals surface area contributed by atoms with Crippen molar-refractivity contribution in [3.8, 4) is 0 Å². The van der Waals surface area contributed by atoms with Crippen LogP contribution in [0, 0.1) is 0 Å². The van der Waals surface area contributed by atoms with Gasteiger partial charge < -0.3 is 20.0 Å². The zero-order valence-corrected chi connectivity index (χ0v) is 13.1. The Morgan fingerprint density at radius 3 is 2.50 bits per heavy atom. The molecule has 1 saturated carbocycles. The quantitative estimate of drug-likeness (QED) is 0.708. The lowest BCUT2D eigenvalue weighted by Crippen LogP contribution is -2.50. The largest absolute Gasteiger partial charge is 0.339 e. The summed E-state index contributed by atoms with van der Waals surface area (Å²) in [5.41, 5.74) is 0. The van der Waals surface area contributed by atoms with Crippen molar-refractivity contribution in [2.24, 2.45) is 0 Å². The van der Waals surface area contributed by atoms with Crippen LogP contribution in [0.3, 0.4) is 0 Å². The Morgan fingerprint density at radius 1 is 1.20 bits per heavy atom. The lowest BCUT2D eigenvalue weighted by Gasteiger charge is -2.32. The minimum atomic E-state index is 0.251. The molecule has 1 aliphatic heterocycles. The smallest absolute Gasteiger partial charge is 0.236 e. The van der Waals surface area contributed by atoms with Gasteiger partial charge in [0.25, 0.3) is 0 Å². The van der Waals surface area contributed by atoms with Crippen molar-refractivity contribution >= 4 is 5.91 Å². The van der Waals surface area contributed by atoms with Gasteiger partial charge >= 0.3 is 0 Å². The number of carbonyl (C=O) groups excluding carboxylic acids is 1. The van der Waals surface area contributed by atoms with E-state index in [9.17, 15) is 4.79 Å². The first-order valence-corrected chi connectivity index (χ1v) is 8.04. The van der Waals surface area contributed by atoms with Crippen LogP contribution in [-0.2, 0) is 4.79 Å². The first-order valence-electron chi connectivity index (χ1n) is 8.04. The van der Waals surface area contributed by atoms with Crippen molar-refractivity contribution in [3.05, 3.63) is 0 Å². The SMILES string of the molecule is CN1CCN(C(=O)CNCCN(C)C2CCCC2)CC1. The van der Waals surface area contributed by atoms with Gasteiger partial charge in [-0.15, -0.1) is 0 Å². The number of piperazine rings is 1. The molecule has 1 amide bonds. The zero-order chi connectivity index (χ0) is 14.4. The van der Waals surface area contributed by atoms with Crippen LogP contribution >= 0.6 is 0 Å². The van der Waals surface area contributed by atoms with E-state index < -0.39 is 0 Å². The van der Waals surface area contributed by atoms with Crippen LogP contribution in [0.15, 0.2) is 0 Å². The number of carbonyl (C=O) groups is 1. The number of hydrogen-bond donors (Lipinski definition) is 1. The Balaban J connectivity index is 1.55. The predicted molar refractivity (Wildman–Crippen MR) is 81.8 cm³/mol. The van der Waals surface area contributed by atoms with Gasteiger partial charge in [-0.1, -0.05) is 12.8 Å². The van der Waals surface area contributed by atoms with Crippen LogP contribution in [0.4, 0.5) is 0 Å². The first kappa shape index (κ1) is 15.7. The van der Waals surface area contributed by atoms with Gasteiger partial charge in [0, 0.05) is 45.3 Å². The number of nitrogens with zero attached hydrogens (tertiary/aromatic N) is 3. The maximum atomic E-state index is 12.0. The van der Waals surface area contributed by atoms with Crippen LogP contribution in [-0.4, -0.2) is 86.6 Å². The molecule has 2 aliphatic rings. The van der Waals surface area contributed by atoms with Crippen LogP contribution < -0.4 is 5.32 Å². The van der Waals surface area contributed by atoms with Crippen molar-refractivity contribution in [3.63, 3.8) is 0 Å². The van der Waals surface area contributed by atoms with E-state index in [4.69, 9.17) is 0 Å². The molecule has 0 aromatic heterocycles. The third-order valence-corrected chi connectivity index (χ3v) is 4.72. The summed E-state index contributed by atoms with van der Waals surface area (Å²) in [6.07, 6.45) is 5.45. The molecule has 1 aliphatic carbocycles. The topological polar surface area (TPSA) is 38.8 Å². The Morgan fingerprint density at radius 2 is 1.85 bits per heavy atom. The lowest BCUT2D eigenvalue weighted by molar-refractivity contribution is -0.131. The van der Waals surface area contributed by atoms with E-state index in [1.54, 1.807) is 0 Å². The molecule has 5 nitrogen and oxygen atoms in total. The summed E-state index contributed by atoms with van der Waals surface area (Å²) in [6.45, 7) is 6.18. The lowest BCUT2D eigenvalue weighted by atomic mass is 10.2. The van der Waals surface area contributed by atoms with E-state index in [1.807, 2.05) is 4.90 Å². The minimum Gasteiger partial charge on any atom is -0.339 e. The molecular weight excluding hydrogens is 252 g/mol. The van der Waals surface area contributed by atoms with Gasteiger partial charge in [0.1, 0.15) is 0 Å². The molecule has 5 heteroatoms. The van der Waals surface area contributed by atoms with Crippen LogP contribution in [0.1, 0.15) is 25.7 Å². The summed E-state index contributed by atoms with van der Waals surface area (Å²) in [4.78, 5) is 18.7. The highest BCUT2D eigenvalue weighted by molar-refractivity contribution is 5.78. The number of hydrogen-bond acceptors (Lipinski definition) is 4. The van der Waals surface area contributed by atoms with Crippen LogP contribution in [0.5, 0.6) is 0 Å². The summed E-state index contributed by atoms with van der Waals surface area (Å²) in [7, 11) is 4.32. The van der Waals surface area contributed by atoms with Gasteiger partial charge in [0.2, 0.25) is 5.91 Å². The van der Waals surface area contributed by atoms with Crippen molar-refractivity contribution < 1.29 is 4.79 Å². The van der Waals surface area contributed by atoms with E-state index in [1.165, 1.54) is 25.7 Å². The molecule has 2 rings (SSSR count). The summed E-state index contributed by atoms with van der Waals surface area (Å²) in [6, 6.07) is 0.769. The highest BCUT2D eigenvalue weighted by atomic mass is 16.2. The highest BCUT2D eigenvalue weighted by Gasteiger charge is 2.20. The van der Waals surface area contributed by atoms with E-state index in [2.05, 4.69) is 29.2 Å². The molecule has 20 heavy (non-hydrogen) atoms. The van der Waals surface area contributed by atoms with Gasteiger partial charge in [0.15, 0.2) is 0 Å². The number of nitrogens with one attached hydrogen (secondary N) is 1. The summed E-state index contributed by atoms with van der Waals surface area (Å²) in [5.74, 6) is 0.251. The second kappa shape index (κ2) is 7.96. The molecule has 0 atom stereocenters. The Kier molecular flexibility index (Phi) is 6.26. The molecule has 0 spiro atoms. The normalized spacial score (nSPS) is 21.9. The van der Waals surface area contributed by atoms with E-state index in [-0.39, 0.29) is 5.91 Å². The second-order valence-corrected chi connectivity index (χ2v) is 6.28. The standard InChI is InChI=1S/C15H30N4O/c1-17-9-11-19(12-10-17)15(20)13-16-7-8-18(2)14-5-3-4-6-14/h14,16H,3-13H2,1-2H3. The van der Waals surface area contributed by atoms with Crippen LogP contribution in [0.2, 0.25) is 0 Å². The summed E-state index contributed by atoms with van der Waals surface area (Å²) >= 11 is 0. The van der Waals surface area contributed by atoms with Crippen molar-refractivity contribution in [2.75, 3.05) is 59.9 Å². The van der Waals surface area contributed by atoms with Gasteiger partial charge in [-0.2, -0.15) is 0 Å². The molecule has 116 valence electrons. The summed E-state index contributed by atoms with van der Waals surface area (Å²) < 4.78 is 0. The molecule has 1 heterocycles. The maximum Gasteiger partial charge on any atom is 0.236 e. The van der Waals surface area contributed by atoms with Gasteiger partial charge in [-0.3, -0.25) is 4.79 Å². The molecular formula is C15H30N4O. The zero-order valence-electron chi connectivity index (χ0n) is 13.1. The predicted octanol–water partition coefficient (Wildman–Crippen LogP) is 0.224. The Bertz CT molecular complexity index is 296. The van der Waals surface area contributed by atoms with E-state index >= 15 is 0 Å². The monoisotopic (exact) mass is 282 g/mol. The Labute approximate surface area is 123 Å². The molecule has 0 aromatic rings. The van der Waals surface area contributed by atoms with Crippen molar-refractivity contribution in [2.45, 2.75) is 31.7 Å². The fourth-order valence-electron chi connectivity index (χ4n) is 3.15. The first-order chi connectivity index (χ1) is 9.66. The third kappa shape index (κ3) is 4.72. The Hall–Kier alpha value is -0.650. The molecule has 0 aromatic carbocycles. The van der Waals surface area contributed by atoms with Crippen molar-refractivity contribution in [1.29, 1.82) is 0 Å².